The maximum absolute atomic E-state index is 12.8. The summed E-state index contributed by atoms with van der Waals surface area (Å²) in [5, 5.41) is 3.69. The van der Waals surface area contributed by atoms with Crippen LogP contribution in [0.4, 0.5) is 5.69 Å². The lowest BCUT2D eigenvalue weighted by atomic mass is 9.77. The van der Waals surface area contributed by atoms with Crippen molar-refractivity contribution in [1.82, 2.24) is 4.72 Å². The van der Waals surface area contributed by atoms with Crippen molar-refractivity contribution in [2.24, 2.45) is 5.92 Å². The van der Waals surface area contributed by atoms with Crippen molar-refractivity contribution >= 4 is 27.5 Å². The molecule has 4 rings (SSSR count). The van der Waals surface area contributed by atoms with Gasteiger partial charge in [-0.2, -0.15) is 0 Å². The van der Waals surface area contributed by atoms with Gasteiger partial charge in [-0.1, -0.05) is 31.2 Å². The smallest absolute Gasteiger partial charge is 0.240 e. The third-order valence-corrected chi connectivity index (χ3v) is 8.42. The second-order valence-electron chi connectivity index (χ2n) is 7.93. The van der Waals surface area contributed by atoms with Crippen LogP contribution in [0.2, 0.25) is 0 Å². The number of hydrogen-bond donors (Lipinski definition) is 2. The molecule has 0 saturated heterocycles. The summed E-state index contributed by atoms with van der Waals surface area (Å²) in [6, 6.07) is 14.4. The standard InChI is InChI=1S/C23H28N2O2S2/c1-4-15(2)25-29(26,27)18-12-13-22-21(14-18)19-6-5-7-20(19)23(24-22)16-8-10-17(28-3)11-9-16/h5-6,8-15,19-20,23-25H,4,7H2,1-3H3. The Kier molecular flexibility index (Phi) is 5.78. The van der Waals surface area contributed by atoms with E-state index in [0.29, 0.717) is 10.8 Å². The van der Waals surface area contributed by atoms with E-state index < -0.39 is 10.0 Å². The summed E-state index contributed by atoms with van der Waals surface area (Å²) in [5.41, 5.74) is 3.38. The summed E-state index contributed by atoms with van der Waals surface area (Å²) in [6.45, 7) is 3.87. The number of sulfonamides is 1. The average Bonchev–Trinajstić information content (AvgIpc) is 3.22. The van der Waals surface area contributed by atoms with Gasteiger partial charge in [-0.15, -0.1) is 11.8 Å². The topological polar surface area (TPSA) is 58.2 Å². The van der Waals surface area contributed by atoms with E-state index in [-0.39, 0.29) is 18.0 Å². The molecule has 0 radical (unpaired) electrons. The molecule has 0 spiro atoms. The van der Waals surface area contributed by atoms with Crippen molar-refractivity contribution < 1.29 is 8.42 Å². The average molecular weight is 429 g/mol. The lowest BCUT2D eigenvalue weighted by Crippen LogP contribution is -2.33. The number of nitrogens with one attached hydrogen (secondary N) is 2. The molecule has 29 heavy (non-hydrogen) atoms. The molecular formula is C23H28N2O2S2. The number of anilines is 1. The Hall–Kier alpha value is -1.76. The molecule has 2 aliphatic rings. The summed E-state index contributed by atoms with van der Waals surface area (Å²) >= 11 is 1.75. The molecule has 0 amide bonds. The summed E-state index contributed by atoms with van der Waals surface area (Å²) in [6.07, 6.45) is 8.31. The van der Waals surface area contributed by atoms with Crippen LogP contribution < -0.4 is 10.0 Å². The van der Waals surface area contributed by atoms with Gasteiger partial charge >= 0.3 is 0 Å². The first-order valence-electron chi connectivity index (χ1n) is 10.2. The van der Waals surface area contributed by atoms with Crippen molar-refractivity contribution in [3.8, 4) is 0 Å². The molecule has 1 heterocycles. The van der Waals surface area contributed by atoms with Crippen LogP contribution in [0.1, 0.15) is 49.8 Å². The normalized spacial score (nSPS) is 23.9. The molecule has 2 aromatic rings. The third-order valence-electron chi connectivity index (χ3n) is 6.09. The zero-order valence-electron chi connectivity index (χ0n) is 17.1. The lowest BCUT2D eigenvalue weighted by Gasteiger charge is -2.37. The monoisotopic (exact) mass is 428 g/mol. The van der Waals surface area contributed by atoms with Gasteiger partial charge in [0.05, 0.1) is 10.9 Å². The first kappa shape index (κ1) is 20.5. The first-order valence-corrected chi connectivity index (χ1v) is 12.9. The molecule has 6 heteroatoms. The molecule has 154 valence electrons. The molecule has 0 bridgehead atoms. The van der Waals surface area contributed by atoms with E-state index in [4.69, 9.17) is 0 Å². The molecule has 2 aromatic carbocycles. The number of hydrogen-bond acceptors (Lipinski definition) is 4. The van der Waals surface area contributed by atoms with E-state index >= 15 is 0 Å². The Balaban J connectivity index is 1.68. The zero-order valence-corrected chi connectivity index (χ0v) is 18.7. The van der Waals surface area contributed by atoms with Gasteiger partial charge in [0, 0.05) is 22.5 Å². The van der Waals surface area contributed by atoms with Crippen molar-refractivity contribution in [2.75, 3.05) is 11.6 Å². The maximum Gasteiger partial charge on any atom is 0.240 e. The van der Waals surface area contributed by atoms with Gasteiger partial charge < -0.3 is 5.32 Å². The van der Waals surface area contributed by atoms with E-state index in [1.807, 2.05) is 26.0 Å². The van der Waals surface area contributed by atoms with Gasteiger partial charge in [-0.25, -0.2) is 13.1 Å². The van der Waals surface area contributed by atoms with Crippen LogP contribution in [0.5, 0.6) is 0 Å². The SMILES string of the molecule is CCC(C)NS(=O)(=O)c1ccc2c(c1)C1C=CCC1C(c1ccc(SC)cc1)N2. The van der Waals surface area contributed by atoms with Gasteiger partial charge in [0.25, 0.3) is 0 Å². The van der Waals surface area contributed by atoms with Crippen LogP contribution in [0.3, 0.4) is 0 Å². The van der Waals surface area contributed by atoms with Crippen LogP contribution in [0, 0.1) is 5.92 Å². The van der Waals surface area contributed by atoms with E-state index in [2.05, 4.69) is 52.7 Å². The largest absolute Gasteiger partial charge is 0.378 e. The fourth-order valence-electron chi connectivity index (χ4n) is 4.30. The van der Waals surface area contributed by atoms with Crippen LogP contribution in [-0.4, -0.2) is 20.7 Å². The first-order chi connectivity index (χ1) is 13.9. The van der Waals surface area contributed by atoms with E-state index in [1.54, 1.807) is 17.8 Å². The van der Waals surface area contributed by atoms with E-state index in [1.165, 1.54) is 10.5 Å². The Morgan fingerprint density at radius 1 is 1.21 bits per heavy atom. The second kappa shape index (κ2) is 8.17. The van der Waals surface area contributed by atoms with Crippen LogP contribution in [0.25, 0.3) is 0 Å². The number of allylic oxidation sites excluding steroid dienone is 2. The second-order valence-corrected chi connectivity index (χ2v) is 10.5. The highest BCUT2D eigenvalue weighted by Crippen LogP contribution is 2.50. The molecule has 0 fully saturated rings. The van der Waals surface area contributed by atoms with Crippen LogP contribution in [-0.2, 0) is 10.0 Å². The highest BCUT2D eigenvalue weighted by atomic mass is 32.2. The Morgan fingerprint density at radius 3 is 2.66 bits per heavy atom. The molecule has 2 N–H and O–H groups in total. The fraction of sp³-hybridized carbons (Fsp3) is 0.391. The quantitative estimate of drug-likeness (QED) is 0.483. The molecule has 4 nitrogen and oxygen atoms in total. The molecule has 0 aromatic heterocycles. The predicted octanol–water partition coefficient (Wildman–Crippen LogP) is 5.31. The van der Waals surface area contributed by atoms with E-state index in [9.17, 15) is 8.42 Å². The van der Waals surface area contributed by atoms with Gasteiger partial charge in [0.2, 0.25) is 10.0 Å². The highest BCUT2D eigenvalue weighted by molar-refractivity contribution is 7.98. The van der Waals surface area contributed by atoms with Gasteiger partial charge in [-0.05, 0) is 73.4 Å². The highest BCUT2D eigenvalue weighted by Gasteiger charge is 2.38. The van der Waals surface area contributed by atoms with Crippen LogP contribution >= 0.6 is 11.8 Å². The lowest BCUT2D eigenvalue weighted by molar-refractivity contribution is 0.425. The molecule has 1 aliphatic heterocycles. The summed E-state index contributed by atoms with van der Waals surface area (Å²) in [4.78, 5) is 1.61. The van der Waals surface area contributed by atoms with Crippen molar-refractivity contribution in [1.29, 1.82) is 0 Å². The molecule has 0 saturated carbocycles. The summed E-state index contributed by atoms with van der Waals surface area (Å²) in [7, 11) is -3.51. The van der Waals surface area contributed by atoms with Crippen LogP contribution in [0.15, 0.2) is 64.4 Å². The molecule has 1 aliphatic carbocycles. The Labute approximate surface area is 178 Å². The van der Waals surface area contributed by atoms with Crippen molar-refractivity contribution in [3.05, 3.63) is 65.7 Å². The summed E-state index contributed by atoms with van der Waals surface area (Å²) < 4.78 is 28.3. The summed E-state index contributed by atoms with van der Waals surface area (Å²) in [5.74, 6) is 0.623. The number of thioether (sulfide) groups is 1. The van der Waals surface area contributed by atoms with Crippen molar-refractivity contribution in [3.63, 3.8) is 0 Å². The fourth-order valence-corrected chi connectivity index (χ4v) is 6.07. The minimum absolute atomic E-state index is 0.0816. The van der Waals surface area contributed by atoms with Gasteiger partial charge in [0.15, 0.2) is 0 Å². The Bertz CT molecular complexity index is 1020. The number of rotatable bonds is 6. The minimum atomic E-state index is -3.51. The maximum atomic E-state index is 12.8. The predicted molar refractivity (Wildman–Crippen MR) is 121 cm³/mol. The molecule has 4 atom stereocenters. The minimum Gasteiger partial charge on any atom is -0.378 e. The van der Waals surface area contributed by atoms with Gasteiger partial charge in [0.1, 0.15) is 0 Å². The molecular weight excluding hydrogens is 400 g/mol. The third kappa shape index (κ3) is 3.98. The van der Waals surface area contributed by atoms with Crippen molar-refractivity contribution in [2.45, 2.75) is 54.5 Å². The number of benzene rings is 2. The van der Waals surface area contributed by atoms with E-state index in [0.717, 1.165) is 24.1 Å². The Morgan fingerprint density at radius 2 is 1.97 bits per heavy atom. The number of fused-ring (bicyclic) bond motifs is 3. The molecule has 4 unspecified atom stereocenters. The van der Waals surface area contributed by atoms with Gasteiger partial charge in [-0.3, -0.25) is 0 Å². The zero-order chi connectivity index (χ0) is 20.6.